The molecular formula is C18H20ClFN4O2S. The number of anilines is 2. The highest BCUT2D eigenvalue weighted by molar-refractivity contribution is 7.15. The third-order valence-electron chi connectivity index (χ3n) is 5.04. The molecule has 1 fully saturated rings. The Kier molecular flexibility index (Phi) is 4.96. The van der Waals surface area contributed by atoms with Crippen molar-refractivity contribution in [3.63, 3.8) is 0 Å². The van der Waals surface area contributed by atoms with E-state index in [2.05, 4.69) is 15.6 Å². The van der Waals surface area contributed by atoms with Gasteiger partial charge in [0.2, 0.25) is 0 Å². The van der Waals surface area contributed by atoms with Crippen LogP contribution in [0.1, 0.15) is 29.8 Å². The van der Waals surface area contributed by atoms with Crippen LogP contribution in [-0.2, 0) is 13.0 Å². The molecule has 0 atom stereocenters. The third kappa shape index (κ3) is 4.02. The van der Waals surface area contributed by atoms with Gasteiger partial charge in [0.1, 0.15) is 5.82 Å². The van der Waals surface area contributed by atoms with Crippen LogP contribution >= 0.6 is 22.9 Å². The third-order valence-corrected chi connectivity index (χ3v) is 6.37. The zero-order valence-electron chi connectivity index (χ0n) is 14.6. The van der Waals surface area contributed by atoms with Gasteiger partial charge in [0, 0.05) is 30.1 Å². The molecule has 9 heteroatoms. The van der Waals surface area contributed by atoms with Crippen LogP contribution in [0.5, 0.6) is 0 Å². The number of hydrogen-bond acceptors (Lipinski definition) is 5. The summed E-state index contributed by atoms with van der Waals surface area (Å²) in [6.07, 6.45) is 3.39. The van der Waals surface area contributed by atoms with Crippen LogP contribution in [0.2, 0.25) is 5.02 Å². The topological polar surface area (TPSA) is 77.5 Å². The molecule has 2 amide bonds. The molecule has 1 aromatic carbocycles. The van der Waals surface area contributed by atoms with Crippen molar-refractivity contribution in [3.05, 3.63) is 39.6 Å². The van der Waals surface area contributed by atoms with E-state index in [-0.39, 0.29) is 11.1 Å². The second kappa shape index (κ2) is 7.26. The van der Waals surface area contributed by atoms with Gasteiger partial charge in [-0.15, -0.1) is 0 Å². The summed E-state index contributed by atoms with van der Waals surface area (Å²) in [6.45, 7) is 1.54. The van der Waals surface area contributed by atoms with Gasteiger partial charge in [-0.1, -0.05) is 22.9 Å². The van der Waals surface area contributed by atoms with E-state index < -0.39 is 11.4 Å². The van der Waals surface area contributed by atoms with Gasteiger partial charge in [0.15, 0.2) is 5.13 Å². The first kappa shape index (κ1) is 18.5. The van der Waals surface area contributed by atoms with E-state index in [0.29, 0.717) is 31.7 Å². The molecule has 6 nitrogen and oxygen atoms in total. The molecule has 0 bridgehead atoms. The summed E-state index contributed by atoms with van der Waals surface area (Å²) < 4.78 is 13.2. The van der Waals surface area contributed by atoms with Gasteiger partial charge in [-0.2, -0.15) is 0 Å². The first-order chi connectivity index (χ1) is 12.9. The van der Waals surface area contributed by atoms with E-state index >= 15 is 0 Å². The molecule has 1 aromatic heterocycles. The number of aromatic nitrogens is 1. The van der Waals surface area contributed by atoms with Crippen LogP contribution in [0, 0.1) is 5.82 Å². The minimum absolute atomic E-state index is 0.0278. The van der Waals surface area contributed by atoms with Crippen molar-refractivity contribution in [2.75, 3.05) is 23.7 Å². The maximum absolute atomic E-state index is 13.2. The molecule has 4 rings (SSSR count). The lowest BCUT2D eigenvalue weighted by molar-refractivity contribution is -0.0202. The van der Waals surface area contributed by atoms with Gasteiger partial charge >= 0.3 is 6.03 Å². The van der Waals surface area contributed by atoms with Crippen molar-refractivity contribution in [3.8, 4) is 0 Å². The van der Waals surface area contributed by atoms with E-state index in [1.807, 2.05) is 0 Å². The van der Waals surface area contributed by atoms with E-state index in [9.17, 15) is 14.3 Å². The average molecular weight is 411 g/mol. The number of urea groups is 1. The number of halogens is 2. The normalized spacial score (nSPS) is 17.8. The van der Waals surface area contributed by atoms with Crippen molar-refractivity contribution >= 4 is 39.8 Å². The molecule has 144 valence electrons. The predicted molar refractivity (Wildman–Crippen MR) is 104 cm³/mol. The van der Waals surface area contributed by atoms with Crippen molar-refractivity contribution < 1.29 is 14.3 Å². The molecule has 3 N–H and O–H groups in total. The Morgan fingerprint density at radius 1 is 1.44 bits per heavy atom. The van der Waals surface area contributed by atoms with Gasteiger partial charge in [0.05, 0.1) is 22.9 Å². The summed E-state index contributed by atoms with van der Waals surface area (Å²) in [5.41, 5.74) is 0.851. The highest BCUT2D eigenvalue weighted by Crippen LogP contribution is 2.33. The number of benzene rings is 1. The molecule has 1 saturated carbocycles. The number of fused-ring (bicyclic) bond motifs is 1. The fraction of sp³-hybridized carbons (Fsp3) is 0.444. The summed E-state index contributed by atoms with van der Waals surface area (Å²) in [4.78, 5) is 19.8. The summed E-state index contributed by atoms with van der Waals surface area (Å²) in [6, 6.07) is 3.84. The van der Waals surface area contributed by atoms with Gasteiger partial charge in [-0.25, -0.2) is 14.2 Å². The fourth-order valence-electron chi connectivity index (χ4n) is 3.22. The molecule has 1 aliphatic carbocycles. The second-order valence-electron chi connectivity index (χ2n) is 7.05. The highest BCUT2D eigenvalue weighted by atomic mass is 35.5. The Bertz CT molecular complexity index is 871. The smallest absolute Gasteiger partial charge is 0.322 e. The number of hydrogen-bond donors (Lipinski definition) is 3. The van der Waals surface area contributed by atoms with Crippen LogP contribution < -0.4 is 10.6 Å². The lowest BCUT2D eigenvalue weighted by atomic mass is 9.80. The Morgan fingerprint density at radius 2 is 2.26 bits per heavy atom. The van der Waals surface area contributed by atoms with Crippen molar-refractivity contribution in [1.82, 2.24) is 9.88 Å². The largest absolute Gasteiger partial charge is 0.388 e. The number of carbonyl (C=O) groups excluding carboxylic acids is 1. The zero-order chi connectivity index (χ0) is 19.0. The highest BCUT2D eigenvalue weighted by Gasteiger charge is 2.34. The van der Waals surface area contributed by atoms with Gasteiger partial charge in [0.25, 0.3) is 0 Å². The first-order valence-electron chi connectivity index (χ1n) is 8.88. The molecule has 1 aliphatic heterocycles. The summed E-state index contributed by atoms with van der Waals surface area (Å²) in [5, 5.41) is 16.9. The van der Waals surface area contributed by atoms with Gasteiger partial charge in [-0.05, 0) is 37.5 Å². The Hall–Kier alpha value is -1.90. The maximum atomic E-state index is 13.2. The standard InChI is InChI=1S/C18H20ClFN4O2S/c19-12-8-11(2-3-13(12)20)22-17(25)24-7-4-14-15(9-24)27-16(23-14)21-10-18(26)5-1-6-18/h2-3,8,26H,1,4-7,9-10H2,(H,21,23)(H,22,25). The van der Waals surface area contributed by atoms with Crippen molar-refractivity contribution in [2.24, 2.45) is 0 Å². The number of nitrogens with one attached hydrogen (secondary N) is 2. The van der Waals surface area contributed by atoms with E-state index in [0.717, 1.165) is 35.0 Å². The number of aliphatic hydroxyl groups is 1. The molecule has 0 spiro atoms. The van der Waals surface area contributed by atoms with Crippen molar-refractivity contribution in [2.45, 2.75) is 37.8 Å². The van der Waals surface area contributed by atoms with Crippen molar-refractivity contribution in [1.29, 1.82) is 0 Å². The molecule has 0 radical (unpaired) electrons. The Balaban J connectivity index is 1.37. The van der Waals surface area contributed by atoms with E-state index in [1.54, 1.807) is 4.90 Å². The number of nitrogens with zero attached hydrogens (tertiary/aromatic N) is 2. The molecule has 2 aliphatic rings. The SMILES string of the molecule is O=C(Nc1ccc(F)c(Cl)c1)N1CCc2nc(NCC3(O)CCC3)sc2C1. The number of amides is 2. The van der Waals surface area contributed by atoms with Crippen LogP contribution in [0.15, 0.2) is 18.2 Å². The maximum Gasteiger partial charge on any atom is 0.322 e. The number of carbonyl (C=O) groups is 1. The monoisotopic (exact) mass is 410 g/mol. The minimum Gasteiger partial charge on any atom is -0.388 e. The van der Waals surface area contributed by atoms with Gasteiger partial charge in [-0.3, -0.25) is 0 Å². The van der Waals surface area contributed by atoms with E-state index in [1.165, 1.54) is 29.5 Å². The first-order valence-corrected chi connectivity index (χ1v) is 10.1. The molecule has 2 heterocycles. The fourth-order valence-corrected chi connectivity index (χ4v) is 4.42. The van der Waals surface area contributed by atoms with Crippen LogP contribution in [0.25, 0.3) is 0 Å². The van der Waals surface area contributed by atoms with Crippen LogP contribution in [0.4, 0.5) is 20.0 Å². The minimum atomic E-state index is -0.603. The number of thiazole rings is 1. The summed E-state index contributed by atoms with van der Waals surface area (Å²) in [5.74, 6) is -0.520. The van der Waals surface area contributed by atoms with Crippen LogP contribution in [0.3, 0.4) is 0 Å². The lowest BCUT2D eigenvalue weighted by Gasteiger charge is -2.36. The van der Waals surface area contributed by atoms with E-state index in [4.69, 9.17) is 11.6 Å². The lowest BCUT2D eigenvalue weighted by Crippen LogP contribution is -2.43. The molecule has 0 saturated heterocycles. The zero-order valence-corrected chi connectivity index (χ0v) is 16.2. The summed E-state index contributed by atoms with van der Waals surface area (Å²) in [7, 11) is 0. The van der Waals surface area contributed by atoms with Crippen LogP contribution in [-0.4, -0.2) is 39.7 Å². The molecule has 0 unspecified atom stereocenters. The quantitative estimate of drug-likeness (QED) is 0.715. The molecule has 2 aromatic rings. The molecular weight excluding hydrogens is 391 g/mol. The predicted octanol–water partition coefficient (Wildman–Crippen LogP) is 3.85. The van der Waals surface area contributed by atoms with Gasteiger partial charge < -0.3 is 20.6 Å². The second-order valence-corrected chi connectivity index (χ2v) is 8.54. The summed E-state index contributed by atoms with van der Waals surface area (Å²) >= 11 is 7.27. The molecule has 27 heavy (non-hydrogen) atoms. The Labute approximate surface area is 165 Å². The average Bonchev–Trinajstić information content (AvgIpc) is 3.03. The number of rotatable bonds is 4. The Morgan fingerprint density at radius 3 is 2.96 bits per heavy atom.